The maximum Gasteiger partial charge on any atom is 0.252 e. The van der Waals surface area contributed by atoms with E-state index < -0.39 is 10.0 Å². The molecule has 2 aromatic rings. The Bertz CT molecular complexity index is 1050. The Morgan fingerprint density at radius 1 is 1.17 bits per heavy atom. The maximum absolute atomic E-state index is 12.5. The quantitative estimate of drug-likeness (QED) is 0.725. The highest BCUT2D eigenvalue weighted by atomic mass is 32.2. The van der Waals surface area contributed by atoms with Gasteiger partial charge in [-0.15, -0.1) is 6.58 Å². The standard InChI is InChI=1S/C20H27N5O3S/c1-2-13-29(27,28)24-11-9-16(10-12-24)22-20-21-14-15-7-8-18(26)25(19(15)23-20)17-5-3-4-6-17/h2,7-8,14,16-17H,1,3-6,9-13H2,(H,21,22,23). The second kappa shape index (κ2) is 8.23. The molecule has 29 heavy (non-hydrogen) atoms. The van der Waals surface area contributed by atoms with Crippen LogP contribution in [0.5, 0.6) is 0 Å². The first kappa shape index (κ1) is 20.0. The van der Waals surface area contributed by atoms with E-state index in [2.05, 4.69) is 21.9 Å². The summed E-state index contributed by atoms with van der Waals surface area (Å²) in [6, 6.07) is 3.66. The summed E-state index contributed by atoms with van der Waals surface area (Å²) in [6.07, 6.45) is 8.82. The Morgan fingerprint density at radius 2 is 1.90 bits per heavy atom. The Morgan fingerprint density at radius 3 is 2.59 bits per heavy atom. The van der Waals surface area contributed by atoms with E-state index in [1.165, 1.54) is 10.4 Å². The third-order valence-corrected chi connectivity index (χ3v) is 7.67. The number of nitrogens with one attached hydrogen (secondary N) is 1. The second-order valence-electron chi connectivity index (χ2n) is 7.84. The summed E-state index contributed by atoms with van der Waals surface area (Å²) < 4.78 is 27.7. The Balaban J connectivity index is 1.51. The van der Waals surface area contributed by atoms with Crippen LogP contribution < -0.4 is 10.9 Å². The van der Waals surface area contributed by atoms with Gasteiger partial charge in [0.1, 0.15) is 5.65 Å². The van der Waals surface area contributed by atoms with Crippen LogP contribution in [0.3, 0.4) is 0 Å². The molecule has 1 aliphatic carbocycles. The first-order valence-corrected chi connectivity index (χ1v) is 11.8. The van der Waals surface area contributed by atoms with Gasteiger partial charge in [-0.1, -0.05) is 18.9 Å². The molecule has 2 aliphatic rings. The number of hydrogen-bond donors (Lipinski definition) is 1. The highest BCUT2D eigenvalue weighted by Crippen LogP contribution is 2.30. The molecule has 1 N–H and O–H groups in total. The molecule has 2 fully saturated rings. The fraction of sp³-hybridized carbons (Fsp3) is 0.550. The number of hydrogen-bond acceptors (Lipinski definition) is 6. The molecule has 156 valence electrons. The molecule has 9 heteroatoms. The van der Waals surface area contributed by atoms with Crippen molar-refractivity contribution in [1.82, 2.24) is 18.8 Å². The van der Waals surface area contributed by atoms with E-state index >= 15 is 0 Å². The van der Waals surface area contributed by atoms with Crippen molar-refractivity contribution in [1.29, 1.82) is 0 Å². The van der Waals surface area contributed by atoms with E-state index in [0.717, 1.165) is 31.1 Å². The smallest absolute Gasteiger partial charge is 0.252 e. The minimum Gasteiger partial charge on any atom is -0.351 e. The summed E-state index contributed by atoms with van der Waals surface area (Å²) in [7, 11) is -3.26. The van der Waals surface area contributed by atoms with Crippen LogP contribution in [0.2, 0.25) is 0 Å². The van der Waals surface area contributed by atoms with Crippen LogP contribution in [0.25, 0.3) is 11.0 Å². The average Bonchev–Trinajstić information content (AvgIpc) is 3.22. The molecule has 0 atom stereocenters. The van der Waals surface area contributed by atoms with Gasteiger partial charge in [-0.25, -0.2) is 17.7 Å². The van der Waals surface area contributed by atoms with Crippen LogP contribution in [0.4, 0.5) is 5.95 Å². The van der Waals surface area contributed by atoms with Crippen molar-refractivity contribution in [3.8, 4) is 0 Å². The van der Waals surface area contributed by atoms with Crippen molar-refractivity contribution in [3.05, 3.63) is 41.3 Å². The number of piperidine rings is 1. The van der Waals surface area contributed by atoms with Gasteiger partial charge >= 0.3 is 0 Å². The van der Waals surface area contributed by atoms with E-state index in [9.17, 15) is 13.2 Å². The lowest BCUT2D eigenvalue weighted by Gasteiger charge is -2.31. The molecule has 0 radical (unpaired) electrons. The number of pyridine rings is 1. The number of sulfonamides is 1. The van der Waals surface area contributed by atoms with Gasteiger partial charge in [-0.3, -0.25) is 9.36 Å². The van der Waals surface area contributed by atoms with Crippen molar-refractivity contribution in [2.24, 2.45) is 0 Å². The van der Waals surface area contributed by atoms with Gasteiger partial charge in [-0.2, -0.15) is 4.98 Å². The van der Waals surface area contributed by atoms with Gasteiger partial charge in [-0.05, 0) is 31.7 Å². The maximum atomic E-state index is 12.5. The predicted molar refractivity (Wildman–Crippen MR) is 114 cm³/mol. The van der Waals surface area contributed by atoms with E-state index in [1.54, 1.807) is 18.3 Å². The summed E-state index contributed by atoms with van der Waals surface area (Å²) in [6.45, 7) is 4.45. The zero-order valence-corrected chi connectivity index (χ0v) is 17.3. The first-order valence-electron chi connectivity index (χ1n) is 10.2. The summed E-state index contributed by atoms with van der Waals surface area (Å²) in [5, 5.41) is 4.19. The molecule has 1 saturated carbocycles. The normalized spacial score (nSPS) is 19.6. The van der Waals surface area contributed by atoms with Crippen LogP contribution in [0.1, 0.15) is 44.6 Å². The Kier molecular flexibility index (Phi) is 5.69. The Labute approximate surface area is 170 Å². The fourth-order valence-corrected chi connectivity index (χ4v) is 5.61. The molecule has 0 amide bonds. The van der Waals surface area contributed by atoms with E-state index in [1.807, 2.05) is 4.57 Å². The number of anilines is 1. The van der Waals surface area contributed by atoms with Gasteiger partial charge < -0.3 is 5.32 Å². The number of aromatic nitrogens is 3. The van der Waals surface area contributed by atoms with Crippen molar-refractivity contribution in [2.45, 2.75) is 50.6 Å². The van der Waals surface area contributed by atoms with E-state index in [4.69, 9.17) is 0 Å². The number of nitrogens with zero attached hydrogens (tertiary/aromatic N) is 4. The van der Waals surface area contributed by atoms with Gasteiger partial charge in [0.05, 0.1) is 5.75 Å². The molecule has 2 aromatic heterocycles. The largest absolute Gasteiger partial charge is 0.351 e. The lowest BCUT2D eigenvalue weighted by atomic mass is 10.1. The van der Waals surface area contributed by atoms with E-state index in [0.29, 0.717) is 37.5 Å². The van der Waals surface area contributed by atoms with Crippen molar-refractivity contribution >= 4 is 27.0 Å². The molecular weight excluding hydrogens is 390 g/mol. The zero-order chi connectivity index (χ0) is 20.4. The highest BCUT2D eigenvalue weighted by molar-refractivity contribution is 7.89. The average molecular weight is 418 g/mol. The lowest BCUT2D eigenvalue weighted by molar-refractivity contribution is 0.330. The van der Waals surface area contributed by atoms with Crippen molar-refractivity contribution in [3.63, 3.8) is 0 Å². The number of fused-ring (bicyclic) bond motifs is 1. The Hall–Kier alpha value is -2.26. The second-order valence-corrected chi connectivity index (χ2v) is 9.85. The van der Waals surface area contributed by atoms with Crippen molar-refractivity contribution < 1.29 is 8.42 Å². The molecule has 3 heterocycles. The SMILES string of the molecule is C=CCS(=O)(=O)N1CCC(Nc2ncc3ccc(=O)n(C4CCCC4)c3n2)CC1. The molecule has 1 aliphatic heterocycles. The number of rotatable bonds is 6. The summed E-state index contributed by atoms with van der Waals surface area (Å²) in [4.78, 5) is 21.6. The molecular formula is C20H27N5O3S. The minimum absolute atomic E-state index is 0.0187. The lowest BCUT2D eigenvalue weighted by Crippen LogP contribution is -2.43. The molecule has 0 spiro atoms. The van der Waals surface area contributed by atoms with Gasteiger partial charge in [0.15, 0.2) is 0 Å². The van der Waals surface area contributed by atoms with Crippen LogP contribution >= 0.6 is 0 Å². The third-order valence-electron chi connectivity index (χ3n) is 5.87. The molecule has 0 aromatic carbocycles. The highest BCUT2D eigenvalue weighted by Gasteiger charge is 2.27. The van der Waals surface area contributed by atoms with Gasteiger partial charge in [0, 0.05) is 42.8 Å². The third kappa shape index (κ3) is 4.20. The molecule has 0 bridgehead atoms. The van der Waals surface area contributed by atoms with Crippen LogP contribution in [0, 0.1) is 0 Å². The monoisotopic (exact) mass is 417 g/mol. The van der Waals surface area contributed by atoms with Crippen LogP contribution in [-0.2, 0) is 10.0 Å². The fourth-order valence-electron chi connectivity index (χ4n) is 4.34. The summed E-state index contributed by atoms with van der Waals surface area (Å²) >= 11 is 0. The van der Waals surface area contributed by atoms with E-state index in [-0.39, 0.29) is 23.4 Å². The predicted octanol–water partition coefficient (Wildman–Crippen LogP) is 2.30. The zero-order valence-electron chi connectivity index (χ0n) is 16.5. The summed E-state index contributed by atoms with van der Waals surface area (Å²) in [5.41, 5.74) is 0.655. The van der Waals surface area contributed by atoms with Crippen LogP contribution in [-0.4, -0.2) is 52.1 Å². The summed E-state index contributed by atoms with van der Waals surface area (Å²) in [5.74, 6) is 0.458. The van der Waals surface area contributed by atoms with Crippen molar-refractivity contribution in [2.75, 3.05) is 24.2 Å². The molecule has 8 nitrogen and oxygen atoms in total. The van der Waals surface area contributed by atoms with Gasteiger partial charge in [0.25, 0.3) is 5.56 Å². The van der Waals surface area contributed by atoms with Gasteiger partial charge in [0.2, 0.25) is 16.0 Å². The molecule has 0 unspecified atom stereocenters. The topological polar surface area (TPSA) is 97.2 Å². The first-order chi connectivity index (χ1) is 14.0. The minimum atomic E-state index is -3.26. The molecule has 4 rings (SSSR count). The van der Waals surface area contributed by atoms with Crippen LogP contribution in [0.15, 0.2) is 35.8 Å². The molecule has 1 saturated heterocycles.